The lowest BCUT2D eigenvalue weighted by Gasteiger charge is -2.01. The van der Waals surface area contributed by atoms with E-state index in [0.717, 1.165) is 17.9 Å². The first kappa shape index (κ1) is 11.4. The number of hydrogen-bond donors (Lipinski definition) is 0. The Morgan fingerprint density at radius 2 is 2.06 bits per heavy atom. The first-order chi connectivity index (χ1) is 7.81. The highest BCUT2D eigenvalue weighted by atomic mass is 127. The van der Waals surface area contributed by atoms with E-state index in [0.29, 0.717) is 0 Å². The Morgan fingerprint density at radius 3 is 2.81 bits per heavy atom. The zero-order valence-electron chi connectivity index (χ0n) is 9.10. The number of aromatic nitrogens is 1. The number of rotatable bonds is 3. The van der Waals surface area contributed by atoms with Crippen LogP contribution in [-0.4, -0.2) is 10.8 Å². The first-order valence-corrected chi connectivity index (χ1v) is 6.33. The highest BCUT2D eigenvalue weighted by molar-refractivity contribution is 14.1. The molecule has 0 radical (unpaired) electrons. The van der Waals surface area contributed by atoms with E-state index in [1.54, 1.807) is 0 Å². The Labute approximate surface area is 109 Å². The van der Waals surface area contributed by atoms with Crippen LogP contribution >= 0.6 is 22.6 Å². The molecule has 1 heterocycles. The number of hydrogen-bond acceptors (Lipinski definition) is 1. The third-order valence-electron chi connectivity index (χ3n) is 2.39. The number of aliphatic imine (C=N–C) groups is 1. The van der Waals surface area contributed by atoms with Crippen molar-refractivity contribution >= 4 is 34.5 Å². The molecule has 0 aliphatic rings. The summed E-state index contributed by atoms with van der Waals surface area (Å²) in [4.78, 5) is 4.50. The average Bonchev–Trinajstić information content (AvgIpc) is 2.75. The molecule has 0 unspecified atom stereocenters. The molecular weight excluding hydrogens is 311 g/mol. The first-order valence-electron chi connectivity index (χ1n) is 5.25. The summed E-state index contributed by atoms with van der Waals surface area (Å²) < 4.78 is 3.34. The molecule has 1 aromatic heterocycles. The van der Waals surface area contributed by atoms with Crippen LogP contribution < -0.4 is 0 Å². The number of halogens is 1. The van der Waals surface area contributed by atoms with Gasteiger partial charge in [-0.05, 0) is 53.8 Å². The fourth-order valence-corrected chi connectivity index (χ4v) is 2.05. The zero-order valence-corrected chi connectivity index (χ0v) is 11.3. The van der Waals surface area contributed by atoms with Crippen molar-refractivity contribution in [2.75, 3.05) is 0 Å². The number of benzene rings is 1. The maximum absolute atomic E-state index is 4.50. The summed E-state index contributed by atoms with van der Waals surface area (Å²) in [5.41, 5.74) is 2.16. The quantitative estimate of drug-likeness (QED) is 0.603. The molecule has 0 aliphatic carbocycles. The normalized spacial score (nSPS) is 11.1. The molecule has 16 heavy (non-hydrogen) atoms. The summed E-state index contributed by atoms with van der Waals surface area (Å²) in [5.74, 6) is 0. The summed E-state index contributed by atoms with van der Waals surface area (Å²) in [6, 6.07) is 12.2. The fourth-order valence-electron chi connectivity index (χ4n) is 1.52. The van der Waals surface area contributed by atoms with E-state index < -0.39 is 0 Å². The predicted octanol–water partition coefficient (Wildman–Crippen LogP) is 3.86. The van der Waals surface area contributed by atoms with Crippen LogP contribution in [0.5, 0.6) is 0 Å². The summed E-state index contributed by atoms with van der Waals surface area (Å²) >= 11 is 2.30. The third kappa shape index (κ3) is 2.52. The molecule has 0 amide bonds. The van der Waals surface area contributed by atoms with Gasteiger partial charge in [-0.2, -0.15) is 0 Å². The molecule has 0 atom stereocenters. The van der Waals surface area contributed by atoms with Crippen molar-refractivity contribution in [3.05, 3.63) is 51.9 Å². The fraction of sp³-hybridized carbons (Fsp3) is 0.154. The van der Waals surface area contributed by atoms with Crippen LogP contribution in [-0.2, 0) is 6.54 Å². The summed E-state index contributed by atoms with van der Waals surface area (Å²) in [7, 11) is 0. The molecule has 3 heteroatoms. The van der Waals surface area contributed by atoms with Gasteiger partial charge >= 0.3 is 0 Å². The van der Waals surface area contributed by atoms with Crippen molar-refractivity contribution < 1.29 is 0 Å². The Kier molecular flexibility index (Phi) is 3.77. The van der Waals surface area contributed by atoms with Gasteiger partial charge in [0.1, 0.15) is 0 Å². The molecule has 2 nitrogen and oxygen atoms in total. The van der Waals surface area contributed by atoms with Gasteiger partial charge in [0.15, 0.2) is 0 Å². The molecule has 0 saturated heterocycles. The van der Waals surface area contributed by atoms with E-state index >= 15 is 0 Å². The SMILES string of the molecule is CCn1cccc1C=Nc1ccccc1I. The summed E-state index contributed by atoms with van der Waals surface area (Å²) in [6.45, 7) is 3.10. The molecule has 0 saturated carbocycles. The second-order valence-electron chi connectivity index (χ2n) is 3.43. The van der Waals surface area contributed by atoms with Crippen molar-refractivity contribution in [1.29, 1.82) is 0 Å². The van der Waals surface area contributed by atoms with Crippen molar-refractivity contribution in [2.45, 2.75) is 13.5 Å². The van der Waals surface area contributed by atoms with Crippen LogP contribution in [0.2, 0.25) is 0 Å². The monoisotopic (exact) mass is 324 g/mol. The summed E-state index contributed by atoms with van der Waals surface area (Å²) in [6.07, 6.45) is 3.98. The van der Waals surface area contributed by atoms with E-state index in [4.69, 9.17) is 0 Å². The lowest BCUT2D eigenvalue weighted by Crippen LogP contribution is -1.97. The standard InChI is InChI=1S/C13H13IN2/c1-2-16-9-5-6-11(16)10-15-13-8-4-3-7-12(13)14/h3-10H,2H2,1H3. The molecule has 0 aliphatic heterocycles. The average molecular weight is 324 g/mol. The maximum atomic E-state index is 4.50. The molecule has 0 N–H and O–H groups in total. The molecule has 0 spiro atoms. The molecule has 0 bridgehead atoms. The Hall–Kier alpha value is -1.10. The van der Waals surface area contributed by atoms with Gasteiger partial charge in [-0.25, -0.2) is 0 Å². The van der Waals surface area contributed by atoms with Crippen LogP contribution in [0.1, 0.15) is 12.6 Å². The van der Waals surface area contributed by atoms with E-state index in [1.807, 2.05) is 30.5 Å². The van der Waals surface area contributed by atoms with Crippen LogP contribution in [0, 0.1) is 3.57 Å². The highest BCUT2D eigenvalue weighted by Crippen LogP contribution is 2.20. The van der Waals surface area contributed by atoms with E-state index in [9.17, 15) is 0 Å². The van der Waals surface area contributed by atoms with E-state index in [-0.39, 0.29) is 0 Å². The zero-order chi connectivity index (χ0) is 11.4. The minimum atomic E-state index is 0.972. The Morgan fingerprint density at radius 1 is 1.25 bits per heavy atom. The smallest absolute Gasteiger partial charge is 0.0763 e. The van der Waals surface area contributed by atoms with Gasteiger partial charge in [0.05, 0.1) is 17.6 Å². The van der Waals surface area contributed by atoms with Crippen LogP contribution in [0.15, 0.2) is 47.6 Å². The second-order valence-corrected chi connectivity index (χ2v) is 4.59. The van der Waals surface area contributed by atoms with E-state index in [1.165, 1.54) is 3.57 Å². The minimum Gasteiger partial charge on any atom is -0.347 e. The van der Waals surface area contributed by atoms with Crippen molar-refractivity contribution in [1.82, 2.24) is 4.57 Å². The number of para-hydroxylation sites is 1. The second kappa shape index (κ2) is 5.30. The molecule has 0 fully saturated rings. The minimum absolute atomic E-state index is 0.972. The summed E-state index contributed by atoms with van der Waals surface area (Å²) in [5, 5.41) is 0. The Balaban J connectivity index is 2.25. The van der Waals surface area contributed by atoms with Gasteiger partial charge in [0, 0.05) is 16.3 Å². The van der Waals surface area contributed by atoms with Gasteiger partial charge in [-0.1, -0.05) is 12.1 Å². The largest absolute Gasteiger partial charge is 0.347 e. The number of aryl methyl sites for hydroxylation is 1. The van der Waals surface area contributed by atoms with Gasteiger partial charge in [0.25, 0.3) is 0 Å². The number of nitrogens with zero attached hydrogens (tertiary/aromatic N) is 2. The van der Waals surface area contributed by atoms with Crippen LogP contribution in [0.3, 0.4) is 0 Å². The lowest BCUT2D eigenvalue weighted by atomic mass is 10.3. The van der Waals surface area contributed by atoms with Crippen molar-refractivity contribution in [3.8, 4) is 0 Å². The molecule has 1 aromatic carbocycles. The van der Waals surface area contributed by atoms with Gasteiger partial charge < -0.3 is 4.57 Å². The third-order valence-corrected chi connectivity index (χ3v) is 3.31. The highest BCUT2D eigenvalue weighted by Gasteiger charge is 1.96. The van der Waals surface area contributed by atoms with Gasteiger partial charge in [-0.3, -0.25) is 4.99 Å². The van der Waals surface area contributed by atoms with Crippen LogP contribution in [0.4, 0.5) is 5.69 Å². The van der Waals surface area contributed by atoms with Crippen molar-refractivity contribution in [3.63, 3.8) is 0 Å². The van der Waals surface area contributed by atoms with Crippen LogP contribution in [0.25, 0.3) is 0 Å². The molecular formula is C13H13IN2. The molecule has 2 rings (SSSR count). The van der Waals surface area contributed by atoms with Crippen molar-refractivity contribution in [2.24, 2.45) is 4.99 Å². The van der Waals surface area contributed by atoms with Gasteiger partial charge in [-0.15, -0.1) is 0 Å². The Bertz CT molecular complexity index is 500. The van der Waals surface area contributed by atoms with Gasteiger partial charge in [0.2, 0.25) is 0 Å². The maximum Gasteiger partial charge on any atom is 0.0763 e. The predicted molar refractivity (Wildman–Crippen MR) is 76.5 cm³/mol. The lowest BCUT2D eigenvalue weighted by molar-refractivity contribution is 0.764. The topological polar surface area (TPSA) is 17.3 Å². The van der Waals surface area contributed by atoms with E-state index in [2.05, 4.69) is 57.4 Å². The molecule has 2 aromatic rings. The molecule has 82 valence electrons.